The van der Waals surface area contributed by atoms with E-state index in [1.165, 1.54) is 0 Å². The van der Waals surface area contributed by atoms with Gasteiger partial charge in [-0.2, -0.15) is 0 Å². The number of imidazole rings is 1. The van der Waals surface area contributed by atoms with Crippen LogP contribution in [0.5, 0.6) is 0 Å². The smallest absolute Gasteiger partial charge is 0.258 e. The highest BCUT2D eigenvalue weighted by atomic mass is 79.9. The van der Waals surface area contributed by atoms with Gasteiger partial charge >= 0.3 is 0 Å². The molecule has 33 heavy (non-hydrogen) atoms. The molecular formula is C24H21BrClN5OS. The van der Waals surface area contributed by atoms with Crippen molar-refractivity contribution in [1.82, 2.24) is 24.8 Å². The van der Waals surface area contributed by atoms with Crippen molar-refractivity contribution in [3.63, 3.8) is 0 Å². The van der Waals surface area contributed by atoms with Crippen molar-refractivity contribution in [2.45, 2.75) is 30.7 Å². The van der Waals surface area contributed by atoms with Crippen LogP contribution in [0.1, 0.15) is 40.9 Å². The molecule has 1 fully saturated rings. The Morgan fingerprint density at radius 3 is 2.91 bits per heavy atom. The molecule has 5 rings (SSSR count). The minimum atomic E-state index is -0.123. The number of rotatable bonds is 4. The summed E-state index contributed by atoms with van der Waals surface area (Å²) in [6.07, 6.45) is 5.44. The topological polar surface area (TPSA) is 74.8 Å². The van der Waals surface area contributed by atoms with Crippen molar-refractivity contribution in [2.75, 3.05) is 12.8 Å². The second-order valence-corrected chi connectivity index (χ2v) is 10.1. The number of H-pyrrole nitrogens is 1. The maximum absolute atomic E-state index is 13.8. The highest BCUT2D eigenvalue weighted by Crippen LogP contribution is 2.36. The van der Waals surface area contributed by atoms with E-state index in [9.17, 15) is 4.79 Å². The maximum Gasteiger partial charge on any atom is 0.258 e. The van der Waals surface area contributed by atoms with Crippen LogP contribution in [-0.4, -0.2) is 43.5 Å². The monoisotopic (exact) mass is 541 g/mol. The second kappa shape index (κ2) is 9.08. The molecule has 1 aliphatic rings. The third kappa shape index (κ3) is 4.16. The van der Waals surface area contributed by atoms with Crippen molar-refractivity contribution < 1.29 is 4.79 Å². The second-order valence-electron chi connectivity index (χ2n) is 7.94. The van der Waals surface area contributed by atoms with Gasteiger partial charge < -0.3 is 9.88 Å². The van der Waals surface area contributed by atoms with Crippen LogP contribution in [0.15, 0.2) is 52.0 Å². The number of likely N-dealkylation sites (tertiary alicyclic amines) is 1. The number of hydrogen-bond donors (Lipinski definition) is 1. The summed E-state index contributed by atoms with van der Waals surface area (Å²) in [4.78, 5) is 34.1. The molecule has 6 nitrogen and oxygen atoms in total. The van der Waals surface area contributed by atoms with Crippen LogP contribution in [0.25, 0.3) is 22.3 Å². The van der Waals surface area contributed by atoms with E-state index < -0.39 is 0 Å². The first-order chi connectivity index (χ1) is 16.0. The molecule has 1 amide bonds. The summed E-state index contributed by atoms with van der Waals surface area (Å²) in [7, 11) is 0. The molecule has 168 valence electrons. The molecule has 1 saturated heterocycles. The van der Waals surface area contributed by atoms with Crippen molar-refractivity contribution in [2.24, 2.45) is 0 Å². The number of amides is 1. The molecule has 4 aromatic rings. The SMILES string of the molecule is CSc1cccc2nc(C3CCCN3C(=O)c3cnc(C)nc3-c3ccc(Br)c(Cl)c3)[nH]c12. The van der Waals surface area contributed by atoms with Gasteiger partial charge in [0.15, 0.2) is 0 Å². The van der Waals surface area contributed by atoms with E-state index in [1.54, 1.807) is 18.0 Å². The Kier molecular flexibility index (Phi) is 6.16. The number of aromatic nitrogens is 4. The molecule has 2 aromatic heterocycles. The predicted octanol–water partition coefficient (Wildman–Crippen LogP) is 6.44. The Morgan fingerprint density at radius 2 is 2.12 bits per heavy atom. The number of nitrogens with zero attached hydrogens (tertiary/aromatic N) is 4. The number of halogens is 2. The fourth-order valence-electron chi connectivity index (χ4n) is 4.29. The van der Waals surface area contributed by atoms with E-state index in [1.807, 2.05) is 48.4 Å². The minimum Gasteiger partial charge on any atom is -0.339 e. The molecule has 0 spiro atoms. The lowest BCUT2D eigenvalue weighted by atomic mass is 10.1. The van der Waals surface area contributed by atoms with Gasteiger partial charge in [-0.05, 0) is 66.2 Å². The summed E-state index contributed by atoms with van der Waals surface area (Å²) < 4.78 is 0.792. The van der Waals surface area contributed by atoms with Gasteiger partial charge in [0.05, 0.1) is 33.4 Å². The highest BCUT2D eigenvalue weighted by molar-refractivity contribution is 9.10. The van der Waals surface area contributed by atoms with Crippen molar-refractivity contribution in [3.05, 3.63) is 69.3 Å². The lowest BCUT2D eigenvalue weighted by molar-refractivity contribution is 0.0730. The number of benzene rings is 2. The Labute approximate surface area is 209 Å². The number of nitrogens with one attached hydrogen (secondary N) is 1. The summed E-state index contributed by atoms with van der Waals surface area (Å²) in [5, 5.41) is 0.563. The van der Waals surface area contributed by atoms with Crippen LogP contribution in [0.2, 0.25) is 5.02 Å². The third-order valence-corrected chi connectivity index (χ3v) is 7.89. The van der Waals surface area contributed by atoms with Gasteiger partial charge in [-0.25, -0.2) is 15.0 Å². The number of thioether (sulfide) groups is 1. The highest BCUT2D eigenvalue weighted by Gasteiger charge is 2.34. The predicted molar refractivity (Wildman–Crippen MR) is 136 cm³/mol. The molecule has 1 N–H and O–H groups in total. The van der Waals surface area contributed by atoms with Crippen LogP contribution in [0.4, 0.5) is 0 Å². The van der Waals surface area contributed by atoms with E-state index in [4.69, 9.17) is 16.6 Å². The van der Waals surface area contributed by atoms with Gasteiger partial charge in [-0.1, -0.05) is 23.7 Å². The number of hydrogen-bond acceptors (Lipinski definition) is 5. The van der Waals surface area contributed by atoms with Crippen LogP contribution in [-0.2, 0) is 0 Å². The van der Waals surface area contributed by atoms with E-state index in [2.05, 4.69) is 36.9 Å². The van der Waals surface area contributed by atoms with Gasteiger partial charge in [0.1, 0.15) is 11.6 Å². The molecule has 0 aliphatic carbocycles. The van der Waals surface area contributed by atoms with E-state index in [0.29, 0.717) is 28.6 Å². The zero-order chi connectivity index (χ0) is 23.1. The molecule has 9 heteroatoms. The van der Waals surface area contributed by atoms with E-state index in [-0.39, 0.29) is 11.9 Å². The van der Waals surface area contributed by atoms with Gasteiger partial charge in [-0.15, -0.1) is 11.8 Å². The fraction of sp³-hybridized carbons (Fsp3) is 0.250. The molecule has 0 saturated carbocycles. The summed E-state index contributed by atoms with van der Waals surface area (Å²) in [6.45, 7) is 2.47. The fourth-order valence-corrected chi connectivity index (χ4v) is 5.29. The summed E-state index contributed by atoms with van der Waals surface area (Å²) in [6, 6.07) is 11.5. The molecule has 0 bridgehead atoms. The van der Waals surface area contributed by atoms with Gasteiger partial charge in [-0.3, -0.25) is 4.79 Å². The van der Waals surface area contributed by atoms with Crippen LogP contribution in [0, 0.1) is 6.92 Å². The zero-order valence-corrected chi connectivity index (χ0v) is 21.3. The van der Waals surface area contributed by atoms with Crippen molar-refractivity contribution in [1.29, 1.82) is 0 Å². The lowest BCUT2D eigenvalue weighted by Gasteiger charge is -2.24. The Morgan fingerprint density at radius 1 is 1.27 bits per heavy atom. The molecule has 1 aliphatic heterocycles. The standard InChI is InChI=1S/C24H21BrClN5OS/c1-13-27-12-15(21(28-13)14-8-9-16(25)17(26)11-14)24(32)31-10-4-6-19(31)23-29-18-5-3-7-20(33-2)22(18)30-23/h3,5,7-9,11-12,19H,4,6,10H2,1-2H3,(H,29,30). The van der Waals surface area contributed by atoms with Crippen LogP contribution in [0.3, 0.4) is 0 Å². The average Bonchev–Trinajstić information content (AvgIpc) is 3.47. The molecule has 3 heterocycles. The molecule has 1 unspecified atom stereocenters. The minimum absolute atomic E-state index is 0.0999. The number of para-hydroxylation sites is 1. The molecule has 0 radical (unpaired) electrons. The Hall–Kier alpha value is -2.42. The average molecular weight is 543 g/mol. The third-order valence-electron chi connectivity index (χ3n) is 5.88. The first kappa shape index (κ1) is 22.4. The number of carbonyl (C=O) groups excluding carboxylic acids is 1. The van der Waals surface area contributed by atoms with E-state index in [0.717, 1.165) is 44.6 Å². The van der Waals surface area contributed by atoms with Crippen LogP contribution >= 0.6 is 39.3 Å². The number of aryl methyl sites for hydroxylation is 1. The Bertz CT molecular complexity index is 1370. The summed E-state index contributed by atoms with van der Waals surface area (Å²) in [5.41, 5.74) is 3.76. The summed E-state index contributed by atoms with van der Waals surface area (Å²) >= 11 is 11.4. The van der Waals surface area contributed by atoms with Crippen molar-refractivity contribution in [3.8, 4) is 11.3 Å². The zero-order valence-electron chi connectivity index (χ0n) is 18.1. The number of aromatic amines is 1. The maximum atomic E-state index is 13.8. The first-order valence-corrected chi connectivity index (χ1v) is 13.0. The summed E-state index contributed by atoms with van der Waals surface area (Å²) in [5.74, 6) is 1.32. The lowest BCUT2D eigenvalue weighted by Crippen LogP contribution is -2.31. The first-order valence-electron chi connectivity index (χ1n) is 10.6. The largest absolute Gasteiger partial charge is 0.339 e. The quantitative estimate of drug-likeness (QED) is 0.300. The normalized spacial score (nSPS) is 16.0. The number of fused-ring (bicyclic) bond motifs is 1. The molecule has 1 atom stereocenters. The van der Waals surface area contributed by atoms with E-state index >= 15 is 0 Å². The van der Waals surface area contributed by atoms with Gasteiger partial charge in [0.2, 0.25) is 0 Å². The Balaban J connectivity index is 1.54. The number of carbonyl (C=O) groups is 1. The van der Waals surface area contributed by atoms with Crippen LogP contribution < -0.4 is 0 Å². The molecular weight excluding hydrogens is 522 g/mol. The van der Waals surface area contributed by atoms with Crippen molar-refractivity contribution >= 4 is 56.2 Å². The van der Waals surface area contributed by atoms with Gasteiger partial charge in [0.25, 0.3) is 5.91 Å². The molecule has 2 aromatic carbocycles. The van der Waals surface area contributed by atoms with Gasteiger partial charge in [0, 0.05) is 27.7 Å².